The second-order valence-corrected chi connectivity index (χ2v) is 0. The number of hydrogen-bond donors (Lipinski definition) is 0. The quantitative estimate of drug-likeness (QED) is 0.388. The molecule has 31 valence electrons. The van der Waals surface area contributed by atoms with Crippen LogP contribution < -0.4 is 0 Å². The van der Waals surface area contributed by atoms with Crippen molar-refractivity contribution in [2.45, 2.75) is 0 Å². The van der Waals surface area contributed by atoms with Gasteiger partial charge in [-0.3, -0.25) is 0 Å². The predicted octanol–water partition coefficient (Wildman–Crippen LogP) is 0.318. The number of rotatable bonds is 0. The van der Waals surface area contributed by atoms with Gasteiger partial charge in [0.25, 0.3) is 0 Å². The zero-order valence-electron chi connectivity index (χ0n) is 1.71. The Kier molecular flexibility index (Phi) is 79.4. The third-order valence-corrected chi connectivity index (χ3v) is 0. The van der Waals surface area contributed by atoms with Crippen LogP contribution in [0.1, 0.15) is 0 Å². The molecule has 0 bridgehead atoms. The van der Waals surface area contributed by atoms with Crippen molar-refractivity contribution in [3.05, 3.63) is 0 Å². The van der Waals surface area contributed by atoms with Crippen LogP contribution in [0.5, 0.6) is 0 Å². The molecule has 0 aliphatic rings. The van der Waals surface area contributed by atoms with Crippen molar-refractivity contribution in [1.82, 2.24) is 0 Å². The molecule has 0 aliphatic carbocycles. The largest absolute Gasteiger partial charge is 0 e. The molecule has 0 aromatic heterocycles. The van der Waals surface area contributed by atoms with E-state index in [1.165, 1.54) is 0 Å². The van der Waals surface area contributed by atoms with Gasteiger partial charge in [0.1, 0.15) is 0 Å². The zero-order valence-corrected chi connectivity index (χ0v) is 6.40. The Morgan fingerprint density at radius 3 is 1.25 bits per heavy atom. The molecule has 0 heterocycles. The summed E-state index contributed by atoms with van der Waals surface area (Å²) >= 11 is 3.79. The van der Waals surface area contributed by atoms with E-state index in [0.29, 0.717) is 0 Å². The molecular formula is H2Ni2PTi. The van der Waals surface area contributed by atoms with E-state index in [1.807, 2.05) is 8.01 Å². The van der Waals surface area contributed by atoms with Crippen LogP contribution >= 0.6 is 8.01 Å². The van der Waals surface area contributed by atoms with Crippen LogP contribution in [0.4, 0.5) is 0 Å². The fourth-order valence-electron chi connectivity index (χ4n) is 0. The van der Waals surface area contributed by atoms with E-state index in [1.54, 1.807) is 0 Å². The van der Waals surface area contributed by atoms with Gasteiger partial charge in [-0.15, -0.1) is 0 Å². The van der Waals surface area contributed by atoms with E-state index in [-0.39, 0.29) is 38.2 Å². The van der Waals surface area contributed by atoms with E-state index in [0.717, 1.165) is 0 Å². The van der Waals surface area contributed by atoms with Gasteiger partial charge >= 0.3 is 23.0 Å². The summed E-state index contributed by atoms with van der Waals surface area (Å²) < 4.78 is 0. The zero-order chi connectivity index (χ0) is 2.00. The van der Waals surface area contributed by atoms with Gasteiger partial charge in [0.2, 0.25) is 0 Å². The summed E-state index contributed by atoms with van der Waals surface area (Å²) in [6, 6.07) is 0. The molecule has 0 rings (SSSR count). The third kappa shape index (κ3) is 8.92. The molecule has 0 nitrogen and oxygen atoms in total. The van der Waals surface area contributed by atoms with E-state index in [9.17, 15) is 0 Å². The normalized spacial score (nSPS) is 1.75. The minimum Gasteiger partial charge on any atom is 0 e. The molecule has 0 fully saturated rings. The fraction of sp³-hybridized carbons (Fsp3) is 0. The summed E-state index contributed by atoms with van der Waals surface area (Å²) in [4.78, 5) is 0. The van der Waals surface area contributed by atoms with E-state index < -0.39 is 0 Å². The first-order valence-corrected chi connectivity index (χ1v) is 2.26. The Balaban J connectivity index is -0.00000000500. The smallest absolute Gasteiger partial charge is 0 e. The fourth-order valence-corrected chi connectivity index (χ4v) is 0. The average molecular weight is 198 g/mol. The van der Waals surface area contributed by atoms with Gasteiger partial charge in [-0.2, -0.15) is 0 Å². The summed E-state index contributed by atoms with van der Waals surface area (Å²) in [5, 5.41) is 0. The average Bonchev–Trinajstić information content (AvgIpc) is 1.00. The van der Waals surface area contributed by atoms with Crippen molar-refractivity contribution in [3.8, 4) is 0 Å². The maximum atomic E-state index is 3.79. The molecule has 0 spiro atoms. The summed E-state index contributed by atoms with van der Waals surface area (Å²) in [6.45, 7) is 0. The third-order valence-electron chi connectivity index (χ3n) is 0. The molecule has 1 atom stereocenters. The van der Waals surface area contributed by atoms with Gasteiger partial charge in [-0.1, -0.05) is 0 Å². The van der Waals surface area contributed by atoms with Gasteiger partial charge in [0.15, 0.2) is 0 Å². The van der Waals surface area contributed by atoms with E-state index >= 15 is 0 Å². The minimum absolute atomic E-state index is 0. The summed E-state index contributed by atoms with van der Waals surface area (Å²) in [6.07, 6.45) is 0. The van der Waals surface area contributed by atoms with Crippen LogP contribution in [0.2, 0.25) is 0 Å². The Morgan fingerprint density at radius 1 is 1.25 bits per heavy atom. The van der Waals surface area contributed by atoms with Crippen LogP contribution in [0.25, 0.3) is 0 Å². The monoisotopic (exact) mass is 197 g/mol. The first kappa shape index (κ1) is 16.5. The second-order valence-electron chi connectivity index (χ2n) is 0. The molecular weight excluding hydrogens is 196 g/mol. The molecule has 0 aromatic rings. The Labute approximate surface area is 60.9 Å². The first-order valence-electron chi connectivity index (χ1n) is 0.183. The van der Waals surface area contributed by atoms with E-state index in [2.05, 4.69) is 15.0 Å². The summed E-state index contributed by atoms with van der Waals surface area (Å²) in [7, 11) is 2.04. The molecule has 1 unspecified atom stereocenters. The van der Waals surface area contributed by atoms with Gasteiger partial charge < -0.3 is 0 Å². The minimum atomic E-state index is 0. The Morgan fingerprint density at radius 2 is 1.25 bits per heavy atom. The SMILES string of the molecule is [Ni].[PH2][Ni].[Ti]. The Hall–Kier alpha value is 2.13. The molecule has 0 aliphatic heterocycles. The van der Waals surface area contributed by atoms with Gasteiger partial charge in [-0.25, -0.2) is 0 Å². The molecule has 0 saturated carbocycles. The second kappa shape index (κ2) is 19.3. The standard InChI is InChI=1S/2Ni.H2P.Ti/h;;1H2;/q;+1;-1;. The van der Waals surface area contributed by atoms with Crippen molar-refractivity contribution in [1.29, 1.82) is 0 Å². The number of hydrogen-bond acceptors (Lipinski definition) is 0. The molecule has 0 aromatic carbocycles. The van der Waals surface area contributed by atoms with Crippen LogP contribution in [0.15, 0.2) is 0 Å². The van der Waals surface area contributed by atoms with Gasteiger partial charge in [-0.05, 0) is 0 Å². The van der Waals surface area contributed by atoms with Crippen LogP contribution in [0, 0.1) is 0 Å². The van der Waals surface area contributed by atoms with Crippen LogP contribution in [-0.4, -0.2) is 0 Å². The maximum Gasteiger partial charge on any atom is 0 e. The molecule has 0 N–H and O–H groups in total. The molecule has 0 saturated heterocycles. The van der Waals surface area contributed by atoms with Crippen LogP contribution in [-0.2, 0) is 53.2 Å². The first-order chi connectivity index (χ1) is 1.00. The van der Waals surface area contributed by atoms with Crippen molar-refractivity contribution < 1.29 is 53.2 Å². The Bertz CT molecular complexity index is 6.00. The topological polar surface area (TPSA) is 0 Å². The van der Waals surface area contributed by atoms with Gasteiger partial charge in [0.05, 0.1) is 0 Å². The van der Waals surface area contributed by atoms with Crippen molar-refractivity contribution in [2.75, 3.05) is 0 Å². The molecule has 4 heteroatoms. The molecule has 0 radical (unpaired) electrons. The van der Waals surface area contributed by atoms with E-state index in [4.69, 9.17) is 0 Å². The predicted molar refractivity (Wildman–Crippen MR) is 9.71 cm³/mol. The molecule has 0 amide bonds. The molecule has 4 heavy (non-hydrogen) atoms. The van der Waals surface area contributed by atoms with Gasteiger partial charge in [0, 0.05) is 38.2 Å². The van der Waals surface area contributed by atoms with Crippen molar-refractivity contribution >= 4 is 8.01 Å². The van der Waals surface area contributed by atoms with Crippen LogP contribution in [0.3, 0.4) is 0 Å². The maximum absolute atomic E-state index is 3.79. The summed E-state index contributed by atoms with van der Waals surface area (Å²) in [5.74, 6) is 0. The van der Waals surface area contributed by atoms with Crippen molar-refractivity contribution in [3.63, 3.8) is 0 Å². The van der Waals surface area contributed by atoms with Crippen molar-refractivity contribution in [2.24, 2.45) is 0 Å². The summed E-state index contributed by atoms with van der Waals surface area (Å²) in [5.41, 5.74) is 0.